The number of nitrogens with one attached hydrogen (secondary N) is 2. The number of benzene rings is 1. The maximum absolute atomic E-state index is 5.20. The predicted molar refractivity (Wildman–Crippen MR) is 62.4 cm³/mol. The summed E-state index contributed by atoms with van der Waals surface area (Å²) in [6, 6.07) is 6.12. The number of H-pyrrole nitrogens is 1. The van der Waals surface area contributed by atoms with E-state index >= 15 is 0 Å². The second-order valence-electron chi connectivity index (χ2n) is 3.67. The summed E-state index contributed by atoms with van der Waals surface area (Å²) in [4.78, 5) is 3.40. The zero-order valence-electron chi connectivity index (χ0n) is 9.35. The molecule has 0 atom stereocenters. The second-order valence-corrected chi connectivity index (χ2v) is 3.67. The van der Waals surface area contributed by atoms with Crippen LogP contribution in [0, 0.1) is 6.92 Å². The fraction of sp³-hybridized carbons (Fsp3) is 0.333. The SMILES string of the molecule is CNCc1[nH]c2cc(OC)ccc2c1C. The fourth-order valence-corrected chi connectivity index (χ4v) is 1.85. The van der Waals surface area contributed by atoms with Crippen LogP contribution >= 0.6 is 0 Å². The maximum atomic E-state index is 5.20. The van der Waals surface area contributed by atoms with E-state index in [0.717, 1.165) is 17.8 Å². The molecule has 3 nitrogen and oxygen atoms in total. The van der Waals surface area contributed by atoms with Crippen LogP contribution in [0.3, 0.4) is 0 Å². The minimum absolute atomic E-state index is 0.864. The van der Waals surface area contributed by atoms with Gasteiger partial charge in [0.05, 0.1) is 7.11 Å². The highest BCUT2D eigenvalue weighted by atomic mass is 16.5. The number of aryl methyl sites for hydroxylation is 1. The van der Waals surface area contributed by atoms with Gasteiger partial charge in [0.15, 0.2) is 0 Å². The molecule has 0 bridgehead atoms. The van der Waals surface area contributed by atoms with E-state index in [4.69, 9.17) is 4.74 Å². The smallest absolute Gasteiger partial charge is 0.120 e. The third-order valence-electron chi connectivity index (χ3n) is 2.72. The molecule has 15 heavy (non-hydrogen) atoms. The van der Waals surface area contributed by atoms with Gasteiger partial charge in [-0.25, -0.2) is 0 Å². The Hall–Kier alpha value is -1.48. The molecule has 0 saturated carbocycles. The second kappa shape index (κ2) is 3.95. The van der Waals surface area contributed by atoms with E-state index in [1.807, 2.05) is 19.2 Å². The van der Waals surface area contributed by atoms with E-state index in [9.17, 15) is 0 Å². The lowest BCUT2D eigenvalue weighted by Gasteiger charge is -1.98. The van der Waals surface area contributed by atoms with Crippen LogP contribution in [0.5, 0.6) is 5.75 Å². The van der Waals surface area contributed by atoms with Crippen molar-refractivity contribution in [2.75, 3.05) is 14.2 Å². The van der Waals surface area contributed by atoms with Gasteiger partial charge >= 0.3 is 0 Å². The molecule has 80 valence electrons. The van der Waals surface area contributed by atoms with Crippen LogP contribution < -0.4 is 10.1 Å². The number of ether oxygens (including phenoxy) is 1. The molecule has 0 amide bonds. The van der Waals surface area contributed by atoms with Crippen LogP contribution in [0.25, 0.3) is 10.9 Å². The van der Waals surface area contributed by atoms with Crippen molar-refractivity contribution in [3.05, 3.63) is 29.5 Å². The monoisotopic (exact) mass is 204 g/mol. The first kappa shape index (κ1) is 10.1. The first-order chi connectivity index (χ1) is 7.26. The molecule has 0 aliphatic carbocycles. The van der Waals surface area contributed by atoms with Crippen molar-refractivity contribution in [1.82, 2.24) is 10.3 Å². The lowest BCUT2D eigenvalue weighted by atomic mass is 10.1. The molecule has 0 fully saturated rings. The van der Waals surface area contributed by atoms with Crippen LogP contribution in [-0.4, -0.2) is 19.1 Å². The largest absolute Gasteiger partial charge is 0.497 e. The van der Waals surface area contributed by atoms with Gasteiger partial charge in [0.1, 0.15) is 5.75 Å². The number of hydrogen-bond acceptors (Lipinski definition) is 2. The summed E-state index contributed by atoms with van der Waals surface area (Å²) in [5, 5.41) is 4.42. The van der Waals surface area contributed by atoms with Crippen molar-refractivity contribution in [3.63, 3.8) is 0 Å². The zero-order chi connectivity index (χ0) is 10.8. The Morgan fingerprint density at radius 2 is 2.20 bits per heavy atom. The van der Waals surface area contributed by atoms with Gasteiger partial charge in [0.25, 0.3) is 0 Å². The molecule has 3 heteroatoms. The van der Waals surface area contributed by atoms with Crippen LogP contribution in [0.15, 0.2) is 18.2 Å². The first-order valence-corrected chi connectivity index (χ1v) is 5.06. The first-order valence-electron chi connectivity index (χ1n) is 5.06. The molecule has 1 aromatic carbocycles. The summed E-state index contributed by atoms with van der Waals surface area (Å²) in [7, 11) is 3.64. The third kappa shape index (κ3) is 1.70. The number of methoxy groups -OCH3 is 1. The zero-order valence-corrected chi connectivity index (χ0v) is 9.35. The number of aromatic nitrogens is 1. The number of fused-ring (bicyclic) bond motifs is 1. The molecule has 1 heterocycles. The Balaban J connectivity index is 2.55. The van der Waals surface area contributed by atoms with Crippen molar-refractivity contribution in [2.45, 2.75) is 13.5 Å². The molecule has 0 radical (unpaired) electrons. The Morgan fingerprint density at radius 1 is 1.40 bits per heavy atom. The summed E-state index contributed by atoms with van der Waals surface area (Å²) < 4.78 is 5.20. The number of hydrogen-bond donors (Lipinski definition) is 2. The van der Waals surface area contributed by atoms with E-state index in [-0.39, 0.29) is 0 Å². The van der Waals surface area contributed by atoms with Gasteiger partial charge < -0.3 is 15.0 Å². The van der Waals surface area contributed by atoms with E-state index in [0.29, 0.717) is 0 Å². The van der Waals surface area contributed by atoms with Gasteiger partial charge in [0.2, 0.25) is 0 Å². The summed E-state index contributed by atoms with van der Waals surface area (Å²) in [5.41, 5.74) is 3.68. The molecular formula is C12H16N2O. The summed E-state index contributed by atoms with van der Waals surface area (Å²) >= 11 is 0. The molecule has 0 aliphatic heterocycles. The van der Waals surface area contributed by atoms with Gasteiger partial charge in [-0.3, -0.25) is 0 Å². The lowest BCUT2D eigenvalue weighted by Crippen LogP contribution is -2.06. The molecule has 1 aromatic heterocycles. The Labute approximate surface area is 89.4 Å². The van der Waals surface area contributed by atoms with E-state index in [1.54, 1.807) is 7.11 Å². The molecule has 0 unspecified atom stereocenters. The van der Waals surface area contributed by atoms with Crippen LogP contribution in [0.2, 0.25) is 0 Å². The van der Waals surface area contributed by atoms with Crippen LogP contribution in [-0.2, 0) is 6.54 Å². The highest BCUT2D eigenvalue weighted by molar-refractivity contribution is 5.85. The fourth-order valence-electron chi connectivity index (χ4n) is 1.85. The summed E-state index contributed by atoms with van der Waals surface area (Å²) in [6.07, 6.45) is 0. The van der Waals surface area contributed by atoms with Crippen LogP contribution in [0.4, 0.5) is 0 Å². The summed E-state index contributed by atoms with van der Waals surface area (Å²) in [5.74, 6) is 0.889. The predicted octanol–water partition coefficient (Wildman–Crippen LogP) is 2.20. The van der Waals surface area contributed by atoms with Gasteiger partial charge in [-0.15, -0.1) is 0 Å². The Morgan fingerprint density at radius 3 is 2.87 bits per heavy atom. The van der Waals surface area contributed by atoms with Gasteiger partial charge in [-0.1, -0.05) is 0 Å². The third-order valence-corrected chi connectivity index (χ3v) is 2.72. The molecular weight excluding hydrogens is 188 g/mol. The van der Waals surface area contributed by atoms with Gasteiger partial charge in [-0.05, 0) is 31.7 Å². The van der Waals surface area contributed by atoms with E-state index in [2.05, 4.69) is 23.3 Å². The average Bonchev–Trinajstić information content (AvgIpc) is 2.56. The minimum atomic E-state index is 0.864. The number of rotatable bonds is 3. The minimum Gasteiger partial charge on any atom is -0.497 e. The van der Waals surface area contributed by atoms with Crippen molar-refractivity contribution in [2.24, 2.45) is 0 Å². The number of aromatic amines is 1. The average molecular weight is 204 g/mol. The van der Waals surface area contributed by atoms with Gasteiger partial charge in [0, 0.05) is 29.2 Å². The van der Waals surface area contributed by atoms with Gasteiger partial charge in [-0.2, -0.15) is 0 Å². The van der Waals surface area contributed by atoms with E-state index in [1.165, 1.54) is 16.6 Å². The summed E-state index contributed by atoms with van der Waals surface area (Å²) in [6.45, 7) is 3.00. The molecule has 0 spiro atoms. The van der Waals surface area contributed by atoms with Crippen molar-refractivity contribution in [1.29, 1.82) is 0 Å². The standard InChI is InChI=1S/C12H16N2O/c1-8-10-5-4-9(15-3)6-11(10)14-12(8)7-13-2/h4-6,13-14H,7H2,1-3H3. The Kier molecular flexibility index (Phi) is 2.64. The molecule has 2 N–H and O–H groups in total. The van der Waals surface area contributed by atoms with Crippen molar-refractivity contribution >= 4 is 10.9 Å². The molecule has 2 rings (SSSR count). The van der Waals surface area contributed by atoms with Crippen molar-refractivity contribution < 1.29 is 4.74 Å². The molecule has 0 saturated heterocycles. The lowest BCUT2D eigenvalue weighted by molar-refractivity contribution is 0.415. The van der Waals surface area contributed by atoms with Crippen molar-refractivity contribution in [3.8, 4) is 5.75 Å². The maximum Gasteiger partial charge on any atom is 0.120 e. The Bertz CT molecular complexity index is 474. The highest BCUT2D eigenvalue weighted by Crippen LogP contribution is 2.25. The highest BCUT2D eigenvalue weighted by Gasteiger charge is 2.07. The molecule has 2 aromatic rings. The van der Waals surface area contributed by atoms with Crippen LogP contribution in [0.1, 0.15) is 11.3 Å². The molecule has 0 aliphatic rings. The topological polar surface area (TPSA) is 37.0 Å². The van der Waals surface area contributed by atoms with E-state index < -0.39 is 0 Å². The normalized spacial score (nSPS) is 10.9. The quantitative estimate of drug-likeness (QED) is 0.804.